The van der Waals surface area contributed by atoms with Crippen LogP contribution in [-0.2, 0) is 41.7 Å². The van der Waals surface area contributed by atoms with Crippen molar-refractivity contribution in [3.05, 3.63) is 59.2 Å². The molecule has 0 radical (unpaired) electrons. The monoisotopic (exact) mass is 632 g/mol. The number of amides is 1. The van der Waals surface area contributed by atoms with Gasteiger partial charge in [-0.1, -0.05) is 23.9 Å². The third kappa shape index (κ3) is 8.87. The molecule has 8 nitrogen and oxygen atoms in total. The van der Waals surface area contributed by atoms with Gasteiger partial charge < -0.3 is 9.64 Å². The molecular weight excluding hydrogens is 610 g/mol. The number of sulfonamides is 1. The zero-order chi connectivity index (χ0) is 29.9. The van der Waals surface area contributed by atoms with Crippen LogP contribution in [0.4, 0.5) is 32.0 Å². The van der Waals surface area contributed by atoms with Crippen LogP contribution in [0.2, 0.25) is 0 Å². The third-order valence-electron chi connectivity index (χ3n) is 5.20. The van der Waals surface area contributed by atoms with Crippen LogP contribution < -0.4 is 4.72 Å². The first-order valence-electron chi connectivity index (χ1n) is 11.2. The van der Waals surface area contributed by atoms with E-state index in [4.69, 9.17) is 4.74 Å². The highest BCUT2D eigenvalue weighted by molar-refractivity contribution is 8.08. The lowest BCUT2D eigenvalue weighted by Crippen LogP contribution is -2.39. The number of sulfone groups is 1. The van der Waals surface area contributed by atoms with Crippen LogP contribution in [0.5, 0.6) is 0 Å². The molecule has 0 saturated carbocycles. The molecular formula is C23H22F6N2O6S3. The Morgan fingerprint density at radius 1 is 1.00 bits per heavy atom. The van der Waals surface area contributed by atoms with E-state index < -0.39 is 64.8 Å². The summed E-state index contributed by atoms with van der Waals surface area (Å²) in [6, 6.07) is 6.33. The first-order valence-corrected chi connectivity index (χ1v) is 15.7. The maximum absolute atomic E-state index is 14.1. The Hall–Kier alpha value is -2.76. The molecule has 1 aliphatic heterocycles. The van der Waals surface area contributed by atoms with E-state index in [2.05, 4.69) is 0 Å². The summed E-state index contributed by atoms with van der Waals surface area (Å²) in [6.07, 6.45) is -8.77. The van der Waals surface area contributed by atoms with E-state index in [9.17, 15) is 48.0 Å². The third-order valence-corrected chi connectivity index (χ3v) is 9.75. The number of morpholine rings is 1. The highest BCUT2D eigenvalue weighted by Gasteiger charge is 2.46. The largest absolute Gasteiger partial charge is 0.418 e. The second kappa shape index (κ2) is 12.0. The molecule has 2 aromatic carbocycles. The minimum atomic E-state index is -5.46. The number of nitrogens with one attached hydrogen (secondary N) is 1. The van der Waals surface area contributed by atoms with Gasteiger partial charge >= 0.3 is 12.4 Å². The molecule has 1 heterocycles. The van der Waals surface area contributed by atoms with Crippen LogP contribution in [0, 0.1) is 0 Å². The fourth-order valence-electron chi connectivity index (χ4n) is 3.70. The highest BCUT2D eigenvalue weighted by atomic mass is 32.3. The Bertz CT molecular complexity index is 1500. The SMILES string of the molecule is CS(=O)(=O)CS(=O)(=O)Nc1cccc(Sc2ccc(C=CC(=O)N3CCOCC3)c(C(F)(F)F)c2C(F)(F)F)c1. The summed E-state index contributed by atoms with van der Waals surface area (Å²) >= 11 is 0.294. The Labute approximate surface area is 230 Å². The molecule has 1 fully saturated rings. The smallest absolute Gasteiger partial charge is 0.378 e. The Morgan fingerprint density at radius 2 is 1.62 bits per heavy atom. The quantitative estimate of drug-likeness (QED) is 0.338. The van der Waals surface area contributed by atoms with Gasteiger partial charge in [-0.05, 0) is 35.9 Å². The van der Waals surface area contributed by atoms with Crippen LogP contribution in [0.15, 0.2) is 52.3 Å². The van der Waals surface area contributed by atoms with E-state index in [0.717, 1.165) is 24.3 Å². The summed E-state index contributed by atoms with van der Waals surface area (Å²) in [7, 11) is -8.33. The van der Waals surface area contributed by atoms with Crippen molar-refractivity contribution in [2.45, 2.75) is 22.1 Å². The van der Waals surface area contributed by atoms with Gasteiger partial charge in [-0.15, -0.1) is 0 Å². The average Bonchev–Trinajstić information content (AvgIpc) is 2.80. The van der Waals surface area contributed by atoms with Crippen LogP contribution in [0.3, 0.4) is 0 Å². The lowest BCUT2D eigenvalue weighted by molar-refractivity contribution is -0.163. The van der Waals surface area contributed by atoms with Gasteiger partial charge in [-0.25, -0.2) is 16.8 Å². The number of hydrogen-bond donors (Lipinski definition) is 1. The molecule has 1 N–H and O–H groups in total. The van der Waals surface area contributed by atoms with Crippen LogP contribution in [-0.4, -0.2) is 65.3 Å². The minimum Gasteiger partial charge on any atom is -0.378 e. The van der Waals surface area contributed by atoms with Crippen molar-refractivity contribution in [2.75, 3.05) is 42.4 Å². The number of halogens is 6. The van der Waals surface area contributed by atoms with Gasteiger partial charge in [-0.3, -0.25) is 9.52 Å². The number of hydrogen-bond acceptors (Lipinski definition) is 7. The molecule has 1 aliphatic rings. The molecule has 0 atom stereocenters. The average molecular weight is 633 g/mol. The molecule has 220 valence electrons. The Balaban J connectivity index is 2.01. The minimum absolute atomic E-state index is 0.0658. The summed E-state index contributed by atoms with van der Waals surface area (Å²) in [5.41, 5.74) is -5.04. The first-order chi connectivity index (χ1) is 18.4. The summed E-state index contributed by atoms with van der Waals surface area (Å²) < 4.78 is 138. The van der Waals surface area contributed by atoms with Crippen LogP contribution in [0.1, 0.15) is 16.7 Å². The Kier molecular flexibility index (Phi) is 9.53. The van der Waals surface area contributed by atoms with Gasteiger partial charge in [0.15, 0.2) is 14.9 Å². The van der Waals surface area contributed by atoms with Gasteiger partial charge in [0.1, 0.15) is 0 Å². The maximum Gasteiger partial charge on any atom is 0.418 e. The number of nitrogens with zero attached hydrogens (tertiary/aromatic N) is 1. The van der Waals surface area contributed by atoms with Crippen LogP contribution >= 0.6 is 11.8 Å². The molecule has 1 amide bonds. The zero-order valence-electron chi connectivity index (χ0n) is 20.5. The van der Waals surface area contributed by atoms with Gasteiger partial charge in [0.25, 0.3) is 0 Å². The second-order valence-electron chi connectivity index (χ2n) is 8.56. The van der Waals surface area contributed by atoms with E-state index in [-0.39, 0.29) is 36.9 Å². The van der Waals surface area contributed by atoms with E-state index in [1.54, 1.807) is 0 Å². The van der Waals surface area contributed by atoms with E-state index in [1.807, 2.05) is 4.72 Å². The number of rotatable bonds is 8. The summed E-state index contributed by atoms with van der Waals surface area (Å²) in [5.74, 6) is -0.682. The van der Waals surface area contributed by atoms with Crippen molar-refractivity contribution in [2.24, 2.45) is 0 Å². The van der Waals surface area contributed by atoms with Gasteiger partial charge in [0, 0.05) is 40.9 Å². The number of alkyl halides is 6. The molecule has 17 heteroatoms. The molecule has 0 aliphatic carbocycles. The summed E-state index contributed by atoms with van der Waals surface area (Å²) in [6.45, 7) is 0.806. The molecule has 0 aromatic heterocycles. The van der Waals surface area contributed by atoms with E-state index in [0.29, 0.717) is 24.1 Å². The predicted octanol–water partition coefficient (Wildman–Crippen LogP) is 4.49. The van der Waals surface area contributed by atoms with Crippen molar-refractivity contribution >= 4 is 49.3 Å². The fourth-order valence-corrected chi connectivity index (χ4v) is 7.72. The molecule has 3 rings (SSSR count). The standard InChI is InChI=1S/C23H22F6N2O6S3/c1-39(33,34)14-40(35,36)30-16-3-2-4-17(13-16)38-18-7-5-15(6-8-19(32)31-9-11-37-12-10-31)20(22(24,25)26)21(18)23(27,28)29/h2-8,13,30H,9-12,14H2,1H3. The second-order valence-corrected chi connectivity index (χ2v) is 13.9. The van der Waals surface area contributed by atoms with Crippen LogP contribution in [0.25, 0.3) is 6.08 Å². The van der Waals surface area contributed by atoms with E-state index in [1.165, 1.54) is 23.1 Å². The molecule has 2 aromatic rings. The molecule has 0 spiro atoms. The molecule has 0 unspecified atom stereocenters. The van der Waals surface area contributed by atoms with Gasteiger partial charge in [0.05, 0.1) is 24.3 Å². The van der Waals surface area contributed by atoms with Crippen molar-refractivity contribution in [3.8, 4) is 0 Å². The van der Waals surface area contributed by atoms with Crippen molar-refractivity contribution < 1.29 is 52.7 Å². The number of carbonyl (C=O) groups is 1. The topological polar surface area (TPSA) is 110 Å². The van der Waals surface area contributed by atoms with E-state index >= 15 is 0 Å². The van der Waals surface area contributed by atoms with Crippen molar-refractivity contribution in [3.63, 3.8) is 0 Å². The van der Waals surface area contributed by atoms with Gasteiger partial charge in [0.2, 0.25) is 15.9 Å². The first kappa shape index (κ1) is 31.8. The molecule has 40 heavy (non-hydrogen) atoms. The lowest BCUT2D eigenvalue weighted by atomic mass is 9.99. The molecule has 0 bridgehead atoms. The number of anilines is 1. The van der Waals surface area contributed by atoms with Crippen molar-refractivity contribution in [1.82, 2.24) is 4.90 Å². The zero-order valence-corrected chi connectivity index (χ0v) is 23.0. The number of benzene rings is 2. The predicted molar refractivity (Wildman–Crippen MR) is 136 cm³/mol. The highest BCUT2D eigenvalue weighted by Crippen LogP contribution is 2.48. The Morgan fingerprint density at radius 3 is 2.20 bits per heavy atom. The lowest BCUT2D eigenvalue weighted by Gasteiger charge is -2.25. The normalized spacial score (nSPS) is 15.4. The molecule has 1 saturated heterocycles. The van der Waals surface area contributed by atoms with Crippen molar-refractivity contribution in [1.29, 1.82) is 0 Å². The fraction of sp³-hybridized carbons (Fsp3) is 0.348. The van der Waals surface area contributed by atoms with Gasteiger partial charge in [-0.2, -0.15) is 26.3 Å². The number of ether oxygens (including phenoxy) is 1. The summed E-state index contributed by atoms with van der Waals surface area (Å²) in [5, 5.41) is -1.26. The number of carbonyl (C=O) groups excluding carboxylic acids is 1. The summed E-state index contributed by atoms with van der Waals surface area (Å²) in [4.78, 5) is 12.7. The maximum atomic E-state index is 14.1.